The highest BCUT2D eigenvalue weighted by molar-refractivity contribution is 9.13. The van der Waals surface area contributed by atoms with E-state index < -0.39 is 23.0 Å². The van der Waals surface area contributed by atoms with Crippen LogP contribution in [0.5, 0.6) is 17.2 Å². The molecule has 0 aliphatic rings. The molecule has 76 valence electrons. The summed E-state index contributed by atoms with van der Waals surface area (Å²) in [5.41, 5.74) is -0.0767. The first-order valence-corrected chi connectivity index (χ1v) is 5.09. The van der Waals surface area contributed by atoms with Crippen LogP contribution in [0.2, 0.25) is 0 Å². The van der Waals surface area contributed by atoms with Gasteiger partial charge in [0.05, 0.1) is 14.5 Å². The summed E-state index contributed by atoms with van der Waals surface area (Å²) in [4.78, 5) is 11.1. The van der Waals surface area contributed by atoms with Crippen LogP contribution in [0.3, 0.4) is 0 Å². The molecule has 0 heterocycles. The van der Waals surface area contributed by atoms with Gasteiger partial charge in [-0.2, -0.15) is 0 Å². The first-order valence-electron chi connectivity index (χ1n) is 3.50. The molecule has 0 fully saturated rings. The van der Waals surface area contributed by atoms with Gasteiger partial charge < -0.3 is 15.3 Å². The lowest BCUT2D eigenvalue weighted by Crippen LogP contribution is -1.96. The van der Waals surface area contributed by atoms with E-state index in [0.29, 0.717) is 0 Å². The highest BCUT2D eigenvalue weighted by Crippen LogP contribution is 2.48. The number of hydrogen-bond donors (Lipinski definition) is 3. The van der Waals surface area contributed by atoms with Crippen LogP contribution in [0.1, 0.15) is 17.3 Å². The fourth-order valence-corrected chi connectivity index (χ4v) is 2.01. The van der Waals surface area contributed by atoms with Crippen LogP contribution >= 0.6 is 31.9 Å². The molecule has 0 unspecified atom stereocenters. The van der Waals surface area contributed by atoms with Crippen molar-refractivity contribution in [3.63, 3.8) is 0 Å². The van der Waals surface area contributed by atoms with E-state index in [1.807, 2.05) is 0 Å². The van der Waals surface area contributed by atoms with Crippen molar-refractivity contribution < 1.29 is 20.1 Å². The number of ketones is 1. The summed E-state index contributed by atoms with van der Waals surface area (Å²) in [6, 6.07) is 0. The number of phenolic OH excluding ortho intramolecular Hbond substituents is 3. The van der Waals surface area contributed by atoms with Gasteiger partial charge in [-0.3, -0.25) is 4.79 Å². The topological polar surface area (TPSA) is 77.8 Å². The summed E-state index contributed by atoms with van der Waals surface area (Å²) in [5.74, 6) is -2.29. The van der Waals surface area contributed by atoms with Crippen LogP contribution in [0.25, 0.3) is 0 Å². The summed E-state index contributed by atoms with van der Waals surface area (Å²) < 4.78 is 0.329. The Labute approximate surface area is 96.4 Å². The molecular weight excluding hydrogens is 320 g/mol. The molecule has 0 aliphatic heterocycles. The van der Waals surface area contributed by atoms with E-state index in [2.05, 4.69) is 31.9 Å². The zero-order valence-electron chi connectivity index (χ0n) is 7.01. The normalized spacial score (nSPS) is 10.2. The molecule has 0 atom stereocenters. The minimum atomic E-state index is -0.717. The number of aromatic hydroxyl groups is 3. The summed E-state index contributed by atoms with van der Waals surface area (Å²) in [7, 11) is 0. The van der Waals surface area contributed by atoms with Gasteiger partial charge in [-0.25, -0.2) is 0 Å². The third-order valence-corrected chi connectivity index (χ3v) is 3.75. The maximum Gasteiger partial charge on any atom is 0.202 e. The molecule has 4 nitrogen and oxygen atoms in total. The van der Waals surface area contributed by atoms with Gasteiger partial charge in [0, 0.05) is 0 Å². The molecule has 1 rings (SSSR count). The molecule has 3 N–H and O–H groups in total. The molecule has 1 aromatic carbocycles. The molecule has 0 saturated heterocycles. The van der Waals surface area contributed by atoms with Gasteiger partial charge in [0.2, 0.25) is 5.75 Å². The average molecular weight is 326 g/mol. The largest absolute Gasteiger partial charge is 0.504 e. The predicted octanol–water partition coefficient (Wildman–Crippen LogP) is 2.53. The molecule has 0 aromatic heterocycles. The third-order valence-electron chi connectivity index (χ3n) is 1.66. The van der Waals surface area contributed by atoms with Gasteiger partial charge in [-0.05, 0) is 38.8 Å². The highest BCUT2D eigenvalue weighted by atomic mass is 79.9. The van der Waals surface area contributed by atoms with Crippen molar-refractivity contribution in [2.75, 3.05) is 0 Å². The molecule has 0 aliphatic carbocycles. The number of phenols is 3. The smallest absolute Gasteiger partial charge is 0.202 e. The van der Waals surface area contributed by atoms with Crippen LogP contribution in [0.15, 0.2) is 8.95 Å². The van der Waals surface area contributed by atoms with Crippen molar-refractivity contribution in [3.05, 3.63) is 14.5 Å². The Morgan fingerprint density at radius 3 is 1.93 bits per heavy atom. The van der Waals surface area contributed by atoms with E-state index in [4.69, 9.17) is 0 Å². The number of halogens is 2. The van der Waals surface area contributed by atoms with E-state index in [-0.39, 0.29) is 14.5 Å². The molecule has 6 heteroatoms. The van der Waals surface area contributed by atoms with Crippen molar-refractivity contribution in [1.82, 2.24) is 0 Å². The molecule has 1 aromatic rings. The molecular formula is C8H6Br2O4. The number of Topliss-reactive ketones (excluding diaryl/α,β-unsaturated/α-hetero) is 1. The zero-order chi connectivity index (χ0) is 11.0. The average Bonchev–Trinajstić information content (AvgIpc) is 2.11. The SMILES string of the molecule is CC(=O)c1c(O)c(O)c(O)c(Br)c1Br. The second kappa shape index (κ2) is 3.78. The minimum Gasteiger partial charge on any atom is -0.504 e. The minimum absolute atomic E-state index is 0.0767. The molecule has 0 spiro atoms. The first-order chi connectivity index (χ1) is 6.37. The van der Waals surface area contributed by atoms with E-state index in [9.17, 15) is 20.1 Å². The Hall–Kier alpha value is -0.750. The van der Waals surface area contributed by atoms with Crippen LogP contribution in [0.4, 0.5) is 0 Å². The van der Waals surface area contributed by atoms with Crippen molar-refractivity contribution in [3.8, 4) is 17.2 Å². The van der Waals surface area contributed by atoms with E-state index in [1.165, 1.54) is 6.92 Å². The Morgan fingerprint density at radius 1 is 1.00 bits per heavy atom. The summed E-state index contributed by atoms with van der Waals surface area (Å²) in [6.45, 7) is 1.24. The highest BCUT2D eigenvalue weighted by Gasteiger charge is 2.22. The maximum absolute atomic E-state index is 11.1. The van der Waals surface area contributed by atoms with E-state index >= 15 is 0 Å². The molecule has 14 heavy (non-hydrogen) atoms. The molecule has 0 saturated carbocycles. The summed E-state index contributed by atoms with van der Waals surface area (Å²) >= 11 is 5.98. The monoisotopic (exact) mass is 324 g/mol. The lowest BCUT2D eigenvalue weighted by molar-refractivity contribution is 0.101. The van der Waals surface area contributed by atoms with Crippen LogP contribution in [0, 0.1) is 0 Å². The van der Waals surface area contributed by atoms with Crippen molar-refractivity contribution in [2.24, 2.45) is 0 Å². The number of hydrogen-bond acceptors (Lipinski definition) is 4. The molecule has 0 bridgehead atoms. The van der Waals surface area contributed by atoms with Crippen LogP contribution < -0.4 is 0 Å². The van der Waals surface area contributed by atoms with E-state index in [1.54, 1.807) is 0 Å². The number of benzene rings is 1. The second-order valence-electron chi connectivity index (χ2n) is 2.60. The predicted molar refractivity (Wildman–Crippen MR) is 56.8 cm³/mol. The van der Waals surface area contributed by atoms with Gasteiger partial charge in [0.25, 0.3) is 0 Å². The summed E-state index contributed by atoms with van der Waals surface area (Å²) in [5, 5.41) is 27.9. The lowest BCUT2D eigenvalue weighted by atomic mass is 10.1. The third kappa shape index (κ3) is 1.59. The Bertz CT molecular complexity index is 385. The second-order valence-corrected chi connectivity index (χ2v) is 4.19. The summed E-state index contributed by atoms with van der Waals surface area (Å²) in [6.07, 6.45) is 0. The van der Waals surface area contributed by atoms with Crippen molar-refractivity contribution >= 4 is 37.6 Å². The molecule has 0 radical (unpaired) electrons. The Balaban J connectivity index is 3.68. The van der Waals surface area contributed by atoms with Gasteiger partial charge in [-0.15, -0.1) is 0 Å². The first kappa shape index (κ1) is 11.3. The Morgan fingerprint density at radius 2 is 1.50 bits per heavy atom. The van der Waals surface area contributed by atoms with Gasteiger partial charge >= 0.3 is 0 Å². The quantitative estimate of drug-likeness (QED) is 0.547. The number of carbonyl (C=O) groups is 1. The standard InChI is InChI=1S/C8H6Br2O4/c1-2(11)3-4(9)5(10)7(13)8(14)6(3)12/h12-14H,1H3. The Kier molecular flexibility index (Phi) is 3.06. The molecule has 0 amide bonds. The van der Waals surface area contributed by atoms with Gasteiger partial charge in [0.1, 0.15) is 0 Å². The van der Waals surface area contributed by atoms with Crippen molar-refractivity contribution in [2.45, 2.75) is 6.92 Å². The van der Waals surface area contributed by atoms with Crippen LogP contribution in [-0.4, -0.2) is 21.1 Å². The van der Waals surface area contributed by atoms with Gasteiger partial charge in [-0.1, -0.05) is 0 Å². The fourth-order valence-electron chi connectivity index (χ4n) is 0.973. The lowest BCUT2D eigenvalue weighted by Gasteiger charge is -2.09. The van der Waals surface area contributed by atoms with Gasteiger partial charge in [0.15, 0.2) is 17.3 Å². The maximum atomic E-state index is 11.1. The van der Waals surface area contributed by atoms with Crippen molar-refractivity contribution in [1.29, 1.82) is 0 Å². The van der Waals surface area contributed by atoms with Crippen LogP contribution in [-0.2, 0) is 0 Å². The number of rotatable bonds is 1. The van der Waals surface area contributed by atoms with E-state index in [0.717, 1.165) is 0 Å². The fraction of sp³-hybridized carbons (Fsp3) is 0.125. The zero-order valence-corrected chi connectivity index (χ0v) is 10.2. The number of carbonyl (C=O) groups excluding carboxylic acids is 1.